The monoisotopic (exact) mass is 231 g/mol. The summed E-state index contributed by atoms with van der Waals surface area (Å²) < 4.78 is 4.51. The molecule has 1 aromatic carbocycles. The highest BCUT2D eigenvalue weighted by atomic mass is 16.5. The van der Waals surface area contributed by atoms with E-state index in [1.165, 1.54) is 12.7 Å². The van der Waals surface area contributed by atoms with E-state index in [0.717, 1.165) is 5.56 Å². The third-order valence-corrected chi connectivity index (χ3v) is 2.43. The predicted molar refractivity (Wildman–Crippen MR) is 68.5 cm³/mol. The van der Waals surface area contributed by atoms with Crippen LogP contribution in [0.15, 0.2) is 18.2 Å². The Hall–Kier alpha value is -1.95. The molecule has 0 spiro atoms. The van der Waals surface area contributed by atoms with Crippen LogP contribution in [-0.4, -0.2) is 13.1 Å². The lowest BCUT2D eigenvalue weighted by Crippen LogP contribution is -1.98. The molecule has 0 saturated heterocycles. The Morgan fingerprint density at radius 2 is 2.18 bits per heavy atom. The topological polar surface area (TPSA) is 52.3 Å². The highest BCUT2D eigenvalue weighted by molar-refractivity contribution is 5.72. The van der Waals surface area contributed by atoms with Crippen molar-refractivity contribution in [3.63, 3.8) is 0 Å². The molecule has 0 bridgehead atoms. The van der Waals surface area contributed by atoms with Crippen molar-refractivity contribution in [3.8, 4) is 11.8 Å². The molecule has 0 atom stereocenters. The molecule has 0 unspecified atom stereocenters. The molecule has 0 saturated carbocycles. The number of benzene rings is 1. The molecule has 1 rings (SSSR count). The first-order valence-corrected chi connectivity index (χ1v) is 5.49. The van der Waals surface area contributed by atoms with Gasteiger partial charge in [-0.25, -0.2) is 0 Å². The normalized spacial score (nSPS) is 9.65. The maximum Gasteiger partial charge on any atom is 0.317 e. The zero-order chi connectivity index (χ0) is 12.8. The van der Waals surface area contributed by atoms with E-state index in [2.05, 4.69) is 30.4 Å². The van der Waals surface area contributed by atoms with E-state index >= 15 is 0 Å². The van der Waals surface area contributed by atoms with Gasteiger partial charge in [0.2, 0.25) is 0 Å². The fourth-order valence-electron chi connectivity index (χ4n) is 1.33. The van der Waals surface area contributed by atoms with E-state index in [1.807, 2.05) is 18.2 Å². The lowest BCUT2D eigenvalue weighted by atomic mass is 10.00. The maximum absolute atomic E-state index is 10.9. The van der Waals surface area contributed by atoms with Crippen LogP contribution in [0, 0.1) is 11.8 Å². The van der Waals surface area contributed by atoms with Gasteiger partial charge in [0.15, 0.2) is 0 Å². The van der Waals surface area contributed by atoms with Crippen LogP contribution in [0.3, 0.4) is 0 Å². The number of esters is 1. The number of hydrogen-bond acceptors (Lipinski definition) is 3. The number of anilines is 1. The Morgan fingerprint density at radius 3 is 2.76 bits per heavy atom. The number of nitrogens with two attached hydrogens (primary N) is 1. The minimum absolute atomic E-state index is 0.0852. The minimum atomic E-state index is -0.337. The molecule has 90 valence electrons. The Kier molecular flexibility index (Phi) is 4.59. The molecule has 0 radical (unpaired) electrons. The van der Waals surface area contributed by atoms with Crippen molar-refractivity contribution >= 4 is 11.7 Å². The minimum Gasteiger partial charge on any atom is -0.468 e. The summed E-state index contributed by atoms with van der Waals surface area (Å²) in [5.74, 6) is 5.74. The van der Waals surface area contributed by atoms with Crippen LogP contribution in [0.4, 0.5) is 5.69 Å². The van der Waals surface area contributed by atoms with Gasteiger partial charge in [0, 0.05) is 11.3 Å². The van der Waals surface area contributed by atoms with Crippen molar-refractivity contribution in [1.82, 2.24) is 0 Å². The van der Waals surface area contributed by atoms with Crippen LogP contribution in [0.25, 0.3) is 0 Å². The standard InChI is InChI=1S/C14H17NO2/c1-10(2)11-7-8-13(15)12(9-11)5-4-6-14(16)17-3/h7-10H,6,15H2,1-3H3. The predicted octanol–water partition coefficient (Wildman–Crippen LogP) is 2.31. The molecule has 0 amide bonds. The molecule has 0 aliphatic heterocycles. The summed E-state index contributed by atoms with van der Waals surface area (Å²) in [6, 6.07) is 5.80. The van der Waals surface area contributed by atoms with E-state index in [0.29, 0.717) is 11.6 Å². The van der Waals surface area contributed by atoms with Crippen molar-refractivity contribution in [2.24, 2.45) is 0 Å². The zero-order valence-electron chi connectivity index (χ0n) is 10.4. The smallest absolute Gasteiger partial charge is 0.317 e. The van der Waals surface area contributed by atoms with Crippen LogP contribution in [0.2, 0.25) is 0 Å². The van der Waals surface area contributed by atoms with E-state index in [4.69, 9.17) is 5.73 Å². The lowest BCUT2D eigenvalue weighted by molar-refractivity contribution is -0.139. The summed E-state index contributed by atoms with van der Waals surface area (Å²) >= 11 is 0. The van der Waals surface area contributed by atoms with Gasteiger partial charge in [0.05, 0.1) is 7.11 Å². The Labute approximate surface area is 102 Å². The summed E-state index contributed by atoms with van der Waals surface area (Å²) in [6.45, 7) is 4.22. The Balaban J connectivity index is 2.89. The summed E-state index contributed by atoms with van der Waals surface area (Å²) in [4.78, 5) is 10.9. The molecular formula is C14H17NO2. The third-order valence-electron chi connectivity index (χ3n) is 2.43. The third kappa shape index (κ3) is 3.84. The summed E-state index contributed by atoms with van der Waals surface area (Å²) in [5.41, 5.74) is 8.40. The number of carbonyl (C=O) groups excluding carboxylic acids is 1. The molecular weight excluding hydrogens is 214 g/mol. The average molecular weight is 231 g/mol. The SMILES string of the molecule is COC(=O)CC#Cc1cc(C(C)C)ccc1N. The van der Waals surface area contributed by atoms with Gasteiger partial charge >= 0.3 is 5.97 Å². The molecule has 3 nitrogen and oxygen atoms in total. The molecule has 0 fully saturated rings. The molecule has 1 aromatic rings. The molecule has 3 heteroatoms. The van der Waals surface area contributed by atoms with Crippen molar-refractivity contribution < 1.29 is 9.53 Å². The summed E-state index contributed by atoms with van der Waals surface area (Å²) in [7, 11) is 1.34. The zero-order valence-corrected chi connectivity index (χ0v) is 10.4. The molecule has 0 aliphatic carbocycles. The number of ether oxygens (including phenoxy) is 1. The van der Waals surface area contributed by atoms with E-state index in [9.17, 15) is 4.79 Å². The summed E-state index contributed by atoms with van der Waals surface area (Å²) in [5, 5.41) is 0. The van der Waals surface area contributed by atoms with Gasteiger partial charge in [-0.2, -0.15) is 0 Å². The highest BCUT2D eigenvalue weighted by Crippen LogP contribution is 2.19. The van der Waals surface area contributed by atoms with Gasteiger partial charge in [-0.05, 0) is 23.6 Å². The second-order valence-electron chi connectivity index (χ2n) is 4.06. The van der Waals surface area contributed by atoms with Crippen molar-refractivity contribution in [2.75, 3.05) is 12.8 Å². The number of hydrogen-bond donors (Lipinski definition) is 1. The number of methoxy groups -OCH3 is 1. The second kappa shape index (κ2) is 5.95. The fourth-order valence-corrected chi connectivity index (χ4v) is 1.33. The van der Waals surface area contributed by atoms with Gasteiger partial charge in [0.25, 0.3) is 0 Å². The van der Waals surface area contributed by atoms with Crippen LogP contribution in [0.1, 0.15) is 37.3 Å². The number of carbonyl (C=O) groups is 1. The average Bonchev–Trinajstić information content (AvgIpc) is 2.30. The first kappa shape index (κ1) is 13.1. The van der Waals surface area contributed by atoms with E-state index in [-0.39, 0.29) is 12.4 Å². The largest absolute Gasteiger partial charge is 0.468 e. The van der Waals surface area contributed by atoms with Gasteiger partial charge in [-0.3, -0.25) is 4.79 Å². The first-order chi connectivity index (χ1) is 8.04. The maximum atomic E-state index is 10.9. The van der Waals surface area contributed by atoms with Crippen LogP contribution >= 0.6 is 0 Å². The lowest BCUT2D eigenvalue weighted by Gasteiger charge is -2.07. The quantitative estimate of drug-likeness (QED) is 0.483. The van der Waals surface area contributed by atoms with Crippen LogP contribution in [0.5, 0.6) is 0 Å². The molecule has 0 aliphatic rings. The van der Waals surface area contributed by atoms with Crippen molar-refractivity contribution in [2.45, 2.75) is 26.2 Å². The molecule has 17 heavy (non-hydrogen) atoms. The van der Waals surface area contributed by atoms with Gasteiger partial charge < -0.3 is 10.5 Å². The van der Waals surface area contributed by atoms with Gasteiger partial charge in [0.1, 0.15) is 6.42 Å². The Bertz CT molecular complexity index is 467. The molecule has 2 N–H and O–H groups in total. The number of nitrogen functional groups attached to an aromatic ring is 1. The van der Waals surface area contributed by atoms with Gasteiger partial charge in [-0.15, -0.1) is 0 Å². The van der Waals surface area contributed by atoms with Crippen molar-refractivity contribution in [3.05, 3.63) is 29.3 Å². The fraction of sp³-hybridized carbons (Fsp3) is 0.357. The van der Waals surface area contributed by atoms with Crippen molar-refractivity contribution in [1.29, 1.82) is 0 Å². The molecule has 0 aromatic heterocycles. The highest BCUT2D eigenvalue weighted by Gasteiger charge is 2.02. The first-order valence-electron chi connectivity index (χ1n) is 5.49. The van der Waals surface area contributed by atoms with E-state index < -0.39 is 0 Å². The van der Waals surface area contributed by atoms with E-state index in [1.54, 1.807) is 0 Å². The van der Waals surface area contributed by atoms with Gasteiger partial charge in [-0.1, -0.05) is 31.8 Å². The van der Waals surface area contributed by atoms with Crippen LogP contribution < -0.4 is 5.73 Å². The summed E-state index contributed by atoms with van der Waals surface area (Å²) in [6.07, 6.45) is 0.0852. The second-order valence-corrected chi connectivity index (χ2v) is 4.06. The van der Waals surface area contributed by atoms with Crippen LogP contribution in [-0.2, 0) is 9.53 Å². The Morgan fingerprint density at radius 1 is 1.47 bits per heavy atom. The number of rotatable bonds is 2. The molecule has 0 heterocycles.